The van der Waals surface area contributed by atoms with Crippen molar-refractivity contribution in [3.05, 3.63) is 22.2 Å². The molecule has 64 valence electrons. The highest BCUT2D eigenvalue weighted by Crippen LogP contribution is 2.30. The lowest BCUT2D eigenvalue weighted by Crippen LogP contribution is -1.97. The number of phenols is 2. The van der Waals surface area contributed by atoms with Crippen molar-refractivity contribution in [2.45, 2.75) is 0 Å². The standard InChI is InChI=1S/C7H5BrO4/c8-4-1-3(9)2-5(10)6(4)7(11)12/h1-2,9-10H,(H,11,12). The molecule has 1 aromatic carbocycles. The summed E-state index contributed by atoms with van der Waals surface area (Å²) in [5.74, 6) is -1.90. The van der Waals surface area contributed by atoms with Crippen LogP contribution in [-0.2, 0) is 0 Å². The van der Waals surface area contributed by atoms with E-state index in [4.69, 9.17) is 15.3 Å². The molecular formula is C7H5BrO4. The molecule has 4 nitrogen and oxygen atoms in total. The van der Waals surface area contributed by atoms with E-state index in [1.165, 1.54) is 6.07 Å². The molecule has 3 N–H and O–H groups in total. The van der Waals surface area contributed by atoms with Crippen molar-refractivity contribution in [2.75, 3.05) is 0 Å². The Balaban J connectivity index is 3.38. The van der Waals surface area contributed by atoms with Gasteiger partial charge in [0.1, 0.15) is 17.1 Å². The fourth-order valence-corrected chi connectivity index (χ4v) is 1.40. The average molecular weight is 233 g/mol. The summed E-state index contributed by atoms with van der Waals surface area (Å²) in [6.45, 7) is 0. The monoisotopic (exact) mass is 232 g/mol. The highest BCUT2D eigenvalue weighted by atomic mass is 79.9. The van der Waals surface area contributed by atoms with E-state index in [1.807, 2.05) is 0 Å². The molecule has 0 aliphatic carbocycles. The van der Waals surface area contributed by atoms with Crippen LogP contribution >= 0.6 is 15.9 Å². The van der Waals surface area contributed by atoms with Gasteiger partial charge in [0.25, 0.3) is 0 Å². The molecule has 0 aliphatic rings. The van der Waals surface area contributed by atoms with Gasteiger partial charge in [-0.3, -0.25) is 0 Å². The van der Waals surface area contributed by atoms with Crippen molar-refractivity contribution in [1.29, 1.82) is 0 Å². The summed E-state index contributed by atoms with van der Waals surface area (Å²) in [6, 6.07) is 2.16. The number of carboxylic acid groups (broad SMARTS) is 1. The summed E-state index contributed by atoms with van der Waals surface area (Å²) >= 11 is 2.90. The predicted molar refractivity (Wildman–Crippen MR) is 44.4 cm³/mol. The molecule has 0 saturated heterocycles. The first-order chi connectivity index (χ1) is 5.52. The fraction of sp³-hybridized carbons (Fsp3) is 0. The number of benzene rings is 1. The SMILES string of the molecule is O=C(O)c1c(O)cc(O)cc1Br. The third-order valence-electron chi connectivity index (χ3n) is 1.27. The summed E-state index contributed by atoms with van der Waals surface area (Å²) in [6.07, 6.45) is 0. The van der Waals surface area contributed by atoms with Crippen molar-refractivity contribution >= 4 is 21.9 Å². The Bertz CT molecular complexity index is 311. The van der Waals surface area contributed by atoms with Crippen LogP contribution in [0.1, 0.15) is 10.4 Å². The summed E-state index contributed by atoms with van der Waals surface area (Å²) in [7, 11) is 0. The summed E-state index contributed by atoms with van der Waals surface area (Å²) < 4.78 is 0.146. The van der Waals surface area contributed by atoms with Crippen molar-refractivity contribution in [3.63, 3.8) is 0 Å². The lowest BCUT2D eigenvalue weighted by atomic mass is 10.2. The summed E-state index contributed by atoms with van der Waals surface area (Å²) in [5, 5.41) is 26.6. The highest BCUT2D eigenvalue weighted by molar-refractivity contribution is 9.10. The van der Waals surface area contributed by atoms with Gasteiger partial charge in [-0.25, -0.2) is 4.79 Å². The van der Waals surface area contributed by atoms with Crippen LogP contribution in [-0.4, -0.2) is 21.3 Å². The van der Waals surface area contributed by atoms with E-state index in [1.54, 1.807) is 0 Å². The van der Waals surface area contributed by atoms with Gasteiger partial charge < -0.3 is 15.3 Å². The molecule has 1 rings (SSSR count). The zero-order valence-corrected chi connectivity index (χ0v) is 7.37. The molecule has 0 saturated carbocycles. The number of aromatic hydroxyl groups is 2. The predicted octanol–water partition coefficient (Wildman–Crippen LogP) is 1.56. The number of halogens is 1. The zero-order valence-electron chi connectivity index (χ0n) is 5.78. The molecule has 0 fully saturated rings. The average Bonchev–Trinajstić information content (AvgIpc) is 1.82. The molecule has 0 atom stereocenters. The number of aromatic carboxylic acids is 1. The van der Waals surface area contributed by atoms with E-state index >= 15 is 0 Å². The Morgan fingerprint density at radius 1 is 1.33 bits per heavy atom. The van der Waals surface area contributed by atoms with E-state index < -0.39 is 11.7 Å². The van der Waals surface area contributed by atoms with Gasteiger partial charge in [-0.15, -0.1) is 0 Å². The van der Waals surface area contributed by atoms with Gasteiger partial charge in [-0.05, 0) is 22.0 Å². The topological polar surface area (TPSA) is 77.8 Å². The minimum absolute atomic E-state index is 0.146. The van der Waals surface area contributed by atoms with Gasteiger partial charge in [-0.2, -0.15) is 0 Å². The van der Waals surface area contributed by atoms with Gasteiger partial charge >= 0.3 is 5.97 Å². The maximum absolute atomic E-state index is 10.5. The third-order valence-corrected chi connectivity index (χ3v) is 1.89. The minimum Gasteiger partial charge on any atom is -0.508 e. The fourth-order valence-electron chi connectivity index (χ4n) is 0.790. The number of rotatable bonds is 1. The maximum atomic E-state index is 10.5. The lowest BCUT2D eigenvalue weighted by molar-refractivity contribution is 0.0692. The van der Waals surface area contributed by atoms with E-state index in [0.717, 1.165) is 6.07 Å². The second-order valence-electron chi connectivity index (χ2n) is 2.13. The summed E-state index contributed by atoms with van der Waals surface area (Å²) in [4.78, 5) is 10.5. The molecule has 0 aliphatic heterocycles. The van der Waals surface area contributed by atoms with Crippen molar-refractivity contribution in [3.8, 4) is 11.5 Å². The van der Waals surface area contributed by atoms with Crippen LogP contribution in [0.5, 0.6) is 11.5 Å². The first-order valence-corrected chi connectivity index (χ1v) is 3.76. The summed E-state index contributed by atoms with van der Waals surface area (Å²) in [5.41, 5.74) is -0.257. The van der Waals surface area contributed by atoms with Crippen LogP contribution in [0.4, 0.5) is 0 Å². The van der Waals surface area contributed by atoms with Crippen LogP contribution in [0, 0.1) is 0 Å². The number of phenolic OH excluding ortho intramolecular Hbond substituents is 1. The Labute approximate surface area is 76.2 Å². The van der Waals surface area contributed by atoms with Crippen LogP contribution in [0.3, 0.4) is 0 Å². The van der Waals surface area contributed by atoms with Crippen LogP contribution in [0.15, 0.2) is 16.6 Å². The number of carbonyl (C=O) groups is 1. The Hall–Kier alpha value is -1.23. The Morgan fingerprint density at radius 3 is 2.33 bits per heavy atom. The molecule has 5 heteroatoms. The third kappa shape index (κ3) is 1.50. The van der Waals surface area contributed by atoms with Gasteiger partial charge in [0.05, 0.1) is 0 Å². The van der Waals surface area contributed by atoms with Crippen LogP contribution in [0.2, 0.25) is 0 Å². The Morgan fingerprint density at radius 2 is 1.92 bits per heavy atom. The number of hydrogen-bond acceptors (Lipinski definition) is 3. The van der Waals surface area contributed by atoms with E-state index in [9.17, 15) is 4.79 Å². The maximum Gasteiger partial charge on any atom is 0.340 e. The van der Waals surface area contributed by atoms with Gasteiger partial charge in [0.2, 0.25) is 0 Å². The molecule has 0 unspecified atom stereocenters. The van der Waals surface area contributed by atoms with Gasteiger partial charge in [0, 0.05) is 10.5 Å². The van der Waals surface area contributed by atoms with Crippen molar-refractivity contribution < 1.29 is 20.1 Å². The molecule has 0 bridgehead atoms. The normalized spacial score (nSPS) is 9.75. The molecule has 1 aromatic rings. The minimum atomic E-state index is -1.25. The van der Waals surface area contributed by atoms with Crippen LogP contribution < -0.4 is 0 Å². The first kappa shape index (κ1) is 8.86. The molecule has 0 heterocycles. The van der Waals surface area contributed by atoms with Gasteiger partial charge in [-0.1, -0.05) is 0 Å². The second-order valence-corrected chi connectivity index (χ2v) is 2.98. The van der Waals surface area contributed by atoms with E-state index in [0.29, 0.717) is 0 Å². The molecule has 0 aromatic heterocycles. The smallest absolute Gasteiger partial charge is 0.340 e. The van der Waals surface area contributed by atoms with Crippen molar-refractivity contribution in [1.82, 2.24) is 0 Å². The molecule has 0 spiro atoms. The van der Waals surface area contributed by atoms with Crippen molar-refractivity contribution in [2.24, 2.45) is 0 Å². The molecular weight excluding hydrogens is 228 g/mol. The largest absolute Gasteiger partial charge is 0.508 e. The first-order valence-electron chi connectivity index (χ1n) is 2.97. The zero-order chi connectivity index (χ0) is 9.30. The van der Waals surface area contributed by atoms with Gasteiger partial charge in [0.15, 0.2) is 0 Å². The van der Waals surface area contributed by atoms with E-state index in [-0.39, 0.29) is 15.8 Å². The molecule has 12 heavy (non-hydrogen) atoms. The number of hydrogen-bond donors (Lipinski definition) is 3. The Kier molecular flexibility index (Phi) is 2.23. The second kappa shape index (κ2) is 3.02. The lowest BCUT2D eigenvalue weighted by Gasteiger charge is -2.02. The van der Waals surface area contributed by atoms with E-state index in [2.05, 4.69) is 15.9 Å². The number of carboxylic acids is 1. The van der Waals surface area contributed by atoms with Crippen LogP contribution in [0.25, 0.3) is 0 Å². The highest BCUT2D eigenvalue weighted by Gasteiger charge is 2.14. The quantitative estimate of drug-likeness (QED) is 0.687. The molecule has 0 amide bonds. The molecule has 0 radical (unpaired) electrons.